The van der Waals surface area contributed by atoms with E-state index in [0.29, 0.717) is 19.3 Å². The lowest BCUT2D eigenvalue weighted by molar-refractivity contribution is -0.167. The number of hydrogen-bond acceptors (Lipinski definition) is 6. The Labute approximate surface area is 473 Å². The van der Waals surface area contributed by atoms with Gasteiger partial charge in [0.1, 0.15) is 13.2 Å². The van der Waals surface area contributed by atoms with Crippen molar-refractivity contribution in [2.24, 2.45) is 0 Å². The van der Waals surface area contributed by atoms with Crippen LogP contribution in [0.2, 0.25) is 0 Å². The molecule has 6 nitrogen and oxygen atoms in total. The van der Waals surface area contributed by atoms with Gasteiger partial charge in [0.2, 0.25) is 0 Å². The quantitative estimate of drug-likeness (QED) is 0.0261. The van der Waals surface area contributed by atoms with E-state index in [1.807, 2.05) is 0 Å². The highest BCUT2D eigenvalue weighted by atomic mass is 16.6. The summed E-state index contributed by atoms with van der Waals surface area (Å²) in [6, 6.07) is 0. The summed E-state index contributed by atoms with van der Waals surface area (Å²) in [6.45, 7) is 6.66. The van der Waals surface area contributed by atoms with Gasteiger partial charge in [0, 0.05) is 19.3 Å². The molecule has 0 aromatic carbocycles. The lowest BCUT2D eigenvalue weighted by Crippen LogP contribution is -2.30. The molecule has 6 heteroatoms. The van der Waals surface area contributed by atoms with Crippen LogP contribution in [-0.2, 0) is 28.6 Å². The van der Waals surface area contributed by atoms with E-state index in [9.17, 15) is 14.4 Å². The highest BCUT2D eigenvalue weighted by Crippen LogP contribution is 2.17. The van der Waals surface area contributed by atoms with Gasteiger partial charge in [-0.15, -0.1) is 0 Å². The van der Waals surface area contributed by atoms with E-state index in [1.165, 1.54) is 244 Å². The summed E-state index contributed by atoms with van der Waals surface area (Å²) in [5, 5.41) is 0. The standard InChI is InChI=1S/C70H128O6/c1-4-7-10-13-16-19-22-24-26-28-30-32-34-35-37-38-40-42-44-46-48-51-54-57-60-63-69(72)75-66-67(65-74-68(71)62-59-56-53-50-21-18-15-12-9-6-3)76-70(73)64-61-58-55-52-49-47-45-43-41-39-36-33-31-29-27-25-23-20-17-14-11-8-5-2/h23,25,28-31,36,39,67H,4-22,24,26-27,32-35,37-38,40-66H2,1-3H3/b25-23-,30-28-,31-29-,39-36-. The Balaban J connectivity index is 4.21. The lowest BCUT2D eigenvalue weighted by atomic mass is 10.0. The number of rotatable bonds is 62. The number of esters is 3. The van der Waals surface area contributed by atoms with Gasteiger partial charge in [0.15, 0.2) is 6.10 Å². The Hall–Kier alpha value is -2.63. The lowest BCUT2D eigenvalue weighted by Gasteiger charge is -2.18. The van der Waals surface area contributed by atoms with Gasteiger partial charge in [0.05, 0.1) is 0 Å². The molecule has 76 heavy (non-hydrogen) atoms. The first-order valence-electron chi connectivity index (χ1n) is 33.6. The third-order valence-electron chi connectivity index (χ3n) is 15.1. The van der Waals surface area contributed by atoms with Gasteiger partial charge in [-0.3, -0.25) is 14.4 Å². The minimum atomic E-state index is -0.775. The number of unbranched alkanes of at least 4 members (excludes halogenated alkanes) is 43. The van der Waals surface area contributed by atoms with Crippen LogP contribution in [-0.4, -0.2) is 37.2 Å². The van der Waals surface area contributed by atoms with E-state index in [2.05, 4.69) is 69.4 Å². The maximum Gasteiger partial charge on any atom is 0.306 e. The first-order chi connectivity index (χ1) is 37.5. The molecule has 1 atom stereocenters. The van der Waals surface area contributed by atoms with E-state index in [0.717, 1.165) is 77.0 Å². The van der Waals surface area contributed by atoms with E-state index >= 15 is 0 Å². The van der Waals surface area contributed by atoms with Crippen LogP contribution in [0, 0.1) is 0 Å². The zero-order chi connectivity index (χ0) is 55.0. The van der Waals surface area contributed by atoms with Crippen LogP contribution in [0.4, 0.5) is 0 Å². The first-order valence-corrected chi connectivity index (χ1v) is 33.6. The van der Waals surface area contributed by atoms with Crippen molar-refractivity contribution in [3.63, 3.8) is 0 Å². The molecule has 0 aliphatic rings. The minimum absolute atomic E-state index is 0.0724. The van der Waals surface area contributed by atoms with E-state index in [1.54, 1.807) is 0 Å². The molecule has 0 radical (unpaired) electrons. The fourth-order valence-electron chi connectivity index (χ4n) is 9.98. The van der Waals surface area contributed by atoms with Crippen LogP contribution in [0.3, 0.4) is 0 Å². The van der Waals surface area contributed by atoms with Crippen molar-refractivity contribution in [2.75, 3.05) is 13.2 Å². The fraction of sp³-hybridized carbons (Fsp3) is 0.843. The summed E-state index contributed by atoms with van der Waals surface area (Å²) in [7, 11) is 0. The van der Waals surface area contributed by atoms with Gasteiger partial charge >= 0.3 is 17.9 Å². The molecule has 444 valence electrons. The number of carbonyl (C=O) groups is 3. The zero-order valence-corrected chi connectivity index (χ0v) is 51.0. The van der Waals surface area contributed by atoms with Gasteiger partial charge < -0.3 is 14.2 Å². The maximum atomic E-state index is 12.9. The first kappa shape index (κ1) is 73.4. The Bertz CT molecular complexity index is 1310. The molecule has 0 spiro atoms. The molecule has 0 fully saturated rings. The molecule has 0 rings (SSSR count). The van der Waals surface area contributed by atoms with Crippen molar-refractivity contribution in [3.8, 4) is 0 Å². The largest absolute Gasteiger partial charge is 0.462 e. The van der Waals surface area contributed by atoms with Gasteiger partial charge in [-0.25, -0.2) is 0 Å². The number of carbonyl (C=O) groups excluding carboxylic acids is 3. The second-order valence-electron chi connectivity index (χ2n) is 22.7. The average molecular weight is 1070 g/mol. The van der Waals surface area contributed by atoms with E-state index in [-0.39, 0.29) is 31.1 Å². The monoisotopic (exact) mass is 1060 g/mol. The van der Waals surface area contributed by atoms with Crippen LogP contribution >= 0.6 is 0 Å². The second kappa shape index (κ2) is 64.9. The smallest absolute Gasteiger partial charge is 0.306 e. The number of ether oxygens (including phenoxy) is 3. The highest BCUT2D eigenvalue weighted by molar-refractivity contribution is 5.71. The molecular weight excluding hydrogens is 937 g/mol. The molecular formula is C70H128O6. The molecule has 0 saturated carbocycles. The Morgan fingerprint density at radius 2 is 0.474 bits per heavy atom. The van der Waals surface area contributed by atoms with Gasteiger partial charge in [-0.2, -0.15) is 0 Å². The van der Waals surface area contributed by atoms with Gasteiger partial charge in [-0.05, 0) is 83.5 Å². The third kappa shape index (κ3) is 62.2. The van der Waals surface area contributed by atoms with Gasteiger partial charge in [-0.1, -0.05) is 307 Å². The molecule has 0 aromatic heterocycles. The molecule has 0 bridgehead atoms. The van der Waals surface area contributed by atoms with Crippen LogP contribution < -0.4 is 0 Å². The van der Waals surface area contributed by atoms with Crippen LogP contribution in [0.5, 0.6) is 0 Å². The SMILES string of the molecule is CCCCCCC/C=C\C/C=C\C/C=C\CCCCCCCCCCC(=O)OC(COC(=O)CCCCCCCCCCCC)COC(=O)CCCCCCCCCCCCCCC/C=C\CCCCCCCCCC. The predicted molar refractivity (Wildman–Crippen MR) is 330 cm³/mol. The minimum Gasteiger partial charge on any atom is -0.462 e. The molecule has 0 heterocycles. The molecule has 0 saturated heterocycles. The van der Waals surface area contributed by atoms with Crippen molar-refractivity contribution in [1.82, 2.24) is 0 Å². The Kier molecular flexibility index (Phi) is 62.6. The van der Waals surface area contributed by atoms with Crippen LogP contribution in [0.15, 0.2) is 48.6 Å². The van der Waals surface area contributed by atoms with Crippen molar-refractivity contribution in [1.29, 1.82) is 0 Å². The molecule has 0 N–H and O–H groups in total. The van der Waals surface area contributed by atoms with E-state index < -0.39 is 6.10 Å². The summed E-state index contributed by atoms with van der Waals surface area (Å²) >= 11 is 0. The van der Waals surface area contributed by atoms with Crippen LogP contribution in [0.1, 0.15) is 361 Å². The molecule has 0 amide bonds. The zero-order valence-electron chi connectivity index (χ0n) is 51.0. The number of hydrogen-bond donors (Lipinski definition) is 0. The van der Waals surface area contributed by atoms with Crippen LogP contribution in [0.25, 0.3) is 0 Å². The van der Waals surface area contributed by atoms with Gasteiger partial charge in [0.25, 0.3) is 0 Å². The normalized spacial score (nSPS) is 12.3. The molecule has 0 aliphatic heterocycles. The third-order valence-corrected chi connectivity index (χ3v) is 15.1. The second-order valence-corrected chi connectivity index (χ2v) is 22.7. The Morgan fingerprint density at radius 3 is 0.750 bits per heavy atom. The summed E-state index contributed by atoms with van der Waals surface area (Å²) in [6.07, 6.45) is 81.3. The maximum absolute atomic E-state index is 12.9. The highest BCUT2D eigenvalue weighted by Gasteiger charge is 2.19. The fourth-order valence-corrected chi connectivity index (χ4v) is 9.98. The van der Waals surface area contributed by atoms with Crippen molar-refractivity contribution < 1.29 is 28.6 Å². The topological polar surface area (TPSA) is 78.9 Å². The van der Waals surface area contributed by atoms with Crippen molar-refractivity contribution in [2.45, 2.75) is 367 Å². The Morgan fingerprint density at radius 1 is 0.263 bits per heavy atom. The average Bonchev–Trinajstić information content (AvgIpc) is 3.42. The molecule has 1 unspecified atom stereocenters. The molecule has 0 aliphatic carbocycles. The predicted octanol–water partition coefficient (Wildman–Crippen LogP) is 22.9. The summed E-state index contributed by atoms with van der Waals surface area (Å²) < 4.78 is 16.9. The summed E-state index contributed by atoms with van der Waals surface area (Å²) in [5.74, 6) is -0.860. The van der Waals surface area contributed by atoms with Crippen molar-refractivity contribution in [3.05, 3.63) is 48.6 Å². The van der Waals surface area contributed by atoms with E-state index in [4.69, 9.17) is 14.2 Å². The molecule has 0 aromatic rings. The summed E-state index contributed by atoms with van der Waals surface area (Å²) in [5.41, 5.74) is 0. The van der Waals surface area contributed by atoms with Crippen molar-refractivity contribution >= 4 is 17.9 Å². The summed E-state index contributed by atoms with van der Waals surface area (Å²) in [4.78, 5) is 38.3. The number of allylic oxidation sites excluding steroid dienone is 8.